The summed E-state index contributed by atoms with van der Waals surface area (Å²) in [6, 6.07) is 1.89. The van der Waals surface area contributed by atoms with Crippen molar-refractivity contribution in [2.24, 2.45) is 11.3 Å². The maximum Gasteiger partial charge on any atom is 0.221 e. The molecular formula is C11H20N2O. The van der Waals surface area contributed by atoms with E-state index in [9.17, 15) is 4.79 Å². The number of nitrogens with zero attached hydrogens (tertiary/aromatic N) is 1. The number of hydrogen-bond donors (Lipinski definition) is 1. The predicted octanol–water partition coefficient (Wildman–Crippen LogP) is 2.09. The molecule has 0 aliphatic carbocycles. The first kappa shape index (κ1) is 13.0. The van der Waals surface area contributed by atoms with Gasteiger partial charge in [-0.3, -0.25) is 4.79 Å². The first-order chi connectivity index (χ1) is 6.35. The molecule has 0 aliphatic rings. The minimum absolute atomic E-state index is 0.0247. The van der Waals surface area contributed by atoms with E-state index in [-0.39, 0.29) is 17.9 Å². The molecular weight excluding hydrogens is 176 g/mol. The highest BCUT2D eigenvalue weighted by atomic mass is 16.1. The Morgan fingerprint density at radius 1 is 1.50 bits per heavy atom. The lowest BCUT2D eigenvalue weighted by Crippen LogP contribution is -2.26. The molecule has 1 amide bonds. The molecule has 0 aromatic rings. The van der Waals surface area contributed by atoms with E-state index >= 15 is 0 Å². The van der Waals surface area contributed by atoms with Gasteiger partial charge in [0.1, 0.15) is 6.54 Å². The fourth-order valence-corrected chi connectivity index (χ4v) is 1.64. The number of rotatable bonds is 4. The van der Waals surface area contributed by atoms with E-state index in [1.165, 1.54) is 0 Å². The van der Waals surface area contributed by atoms with E-state index < -0.39 is 0 Å². The van der Waals surface area contributed by atoms with Gasteiger partial charge in [0.15, 0.2) is 0 Å². The quantitative estimate of drug-likeness (QED) is 0.700. The Morgan fingerprint density at radius 3 is 2.50 bits per heavy atom. The van der Waals surface area contributed by atoms with Crippen LogP contribution in [-0.4, -0.2) is 12.5 Å². The monoisotopic (exact) mass is 196 g/mol. The van der Waals surface area contributed by atoms with Crippen molar-refractivity contribution in [3.63, 3.8) is 0 Å². The lowest BCUT2D eigenvalue weighted by molar-refractivity contribution is -0.121. The Morgan fingerprint density at radius 2 is 2.07 bits per heavy atom. The van der Waals surface area contributed by atoms with Crippen molar-refractivity contribution >= 4 is 5.91 Å². The van der Waals surface area contributed by atoms with Gasteiger partial charge in [0.2, 0.25) is 5.91 Å². The van der Waals surface area contributed by atoms with Crippen LogP contribution in [0, 0.1) is 22.7 Å². The largest absolute Gasteiger partial charge is 0.343 e. The van der Waals surface area contributed by atoms with Gasteiger partial charge >= 0.3 is 0 Å². The molecule has 3 heteroatoms. The maximum absolute atomic E-state index is 11.2. The van der Waals surface area contributed by atoms with Crippen LogP contribution in [0.15, 0.2) is 0 Å². The molecule has 3 nitrogen and oxygen atoms in total. The molecule has 14 heavy (non-hydrogen) atoms. The summed E-state index contributed by atoms with van der Waals surface area (Å²) >= 11 is 0. The van der Waals surface area contributed by atoms with E-state index in [2.05, 4.69) is 33.0 Å². The molecule has 0 heterocycles. The second kappa shape index (κ2) is 5.64. The van der Waals surface area contributed by atoms with Gasteiger partial charge in [0.05, 0.1) is 6.07 Å². The van der Waals surface area contributed by atoms with Crippen molar-refractivity contribution < 1.29 is 4.79 Å². The van der Waals surface area contributed by atoms with E-state index in [0.717, 1.165) is 6.42 Å². The summed E-state index contributed by atoms with van der Waals surface area (Å²) in [6.45, 7) is 8.67. The van der Waals surface area contributed by atoms with E-state index in [1.807, 2.05) is 6.07 Å². The fraction of sp³-hybridized carbons (Fsp3) is 0.818. The molecule has 0 saturated carbocycles. The first-order valence-electron chi connectivity index (χ1n) is 4.99. The smallest absolute Gasteiger partial charge is 0.221 e. The van der Waals surface area contributed by atoms with Gasteiger partial charge in [0.25, 0.3) is 0 Å². The summed E-state index contributed by atoms with van der Waals surface area (Å²) < 4.78 is 0. The summed E-state index contributed by atoms with van der Waals surface area (Å²) in [4.78, 5) is 11.2. The molecule has 1 unspecified atom stereocenters. The number of nitrogens with one attached hydrogen (secondary N) is 1. The number of nitriles is 1. The van der Waals surface area contributed by atoms with Crippen LogP contribution in [0.25, 0.3) is 0 Å². The molecule has 0 bridgehead atoms. The van der Waals surface area contributed by atoms with Gasteiger partial charge in [0, 0.05) is 6.42 Å². The van der Waals surface area contributed by atoms with E-state index in [1.54, 1.807) is 0 Å². The molecule has 0 rings (SSSR count). The third-order valence-electron chi connectivity index (χ3n) is 1.86. The number of carbonyl (C=O) groups excluding carboxylic acids is 1. The van der Waals surface area contributed by atoms with Crippen molar-refractivity contribution in [2.75, 3.05) is 6.54 Å². The molecule has 1 N–H and O–H groups in total. The lowest BCUT2D eigenvalue weighted by Gasteiger charge is -2.22. The second-order valence-electron chi connectivity index (χ2n) is 5.01. The SMILES string of the molecule is CC(CC(=O)NCC#N)CC(C)(C)C. The van der Waals surface area contributed by atoms with Crippen molar-refractivity contribution in [3.05, 3.63) is 0 Å². The minimum Gasteiger partial charge on any atom is -0.343 e. The van der Waals surface area contributed by atoms with Crippen molar-refractivity contribution in [3.8, 4) is 6.07 Å². The summed E-state index contributed by atoms with van der Waals surface area (Å²) in [5.74, 6) is 0.344. The van der Waals surface area contributed by atoms with Gasteiger partial charge in [-0.25, -0.2) is 0 Å². The van der Waals surface area contributed by atoms with Gasteiger partial charge < -0.3 is 5.32 Å². The minimum atomic E-state index is -0.0247. The van der Waals surface area contributed by atoms with Gasteiger partial charge in [-0.15, -0.1) is 0 Å². The molecule has 80 valence electrons. The molecule has 0 aromatic carbocycles. The van der Waals surface area contributed by atoms with Crippen LogP contribution in [0.4, 0.5) is 0 Å². The topological polar surface area (TPSA) is 52.9 Å². The van der Waals surface area contributed by atoms with Crippen LogP contribution in [-0.2, 0) is 4.79 Å². The van der Waals surface area contributed by atoms with E-state index in [0.29, 0.717) is 12.3 Å². The Balaban J connectivity index is 3.78. The molecule has 0 aromatic heterocycles. The Kier molecular flexibility index (Phi) is 5.22. The van der Waals surface area contributed by atoms with Crippen LogP contribution in [0.1, 0.15) is 40.5 Å². The van der Waals surface area contributed by atoms with E-state index in [4.69, 9.17) is 5.26 Å². The molecule has 0 spiro atoms. The zero-order valence-corrected chi connectivity index (χ0v) is 9.55. The second-order valence-corrected chi connectivity index (χ2v) is 5.01. The van der Waals surface area contributed by atoms with Crippen LogP contribution in [0.5, 0.6) is 0 Å². The normalized spacial score (nSPS) is 13.1. The summed E-state index contributed by atoms with van der Waals surface area (Å²) in [5, 5.41) is 10.8. The zero-order chi connectivity index (χ0) is 11.2. The van der Waals surface area contributed by atoms with Crippen LogP contribution >= 0.6 is 0 Å². The number of amides is 1. The number of hydrogen-bond acceptors (Lipinski definition) is 2. The maximum atomic E-state index is 11.2. The van der Waals surface area contributed by atoms with Gasteiger partial charge in [-0.05, 0) is 17.8 Å². The van der Waals surface area contributed by atoms with Crippen molar-refractivity contribution in [1.82, 2.24) is 5.32 Å². The lowest BCUT2D eigenvalue weighted by atomic mass is 9.84. The first-order valence-corrected chi connectivity index (χ1v) is 4.99. The molecule has 0 saturated heterocycles. The standard InChI is InChI=1S/C11H20N2O/c1-9(8-11(2,3)4)7-10(14)13-6-5-12/h9H,6-8H2,1-4H3,(H,13,14). The third-order valence-corrected chi connectivity index (χ3v) is 1.86. The van der Waals surface area contributed by atoms with Crippen LogP contribution in [0.3, 0.4) is 0 Å². The zero-order valence-electron chi connectivity index (χ0n) is 9.55. The summed E-state index contributed by atoms with van der Waals surface area (Å²) in [7, 11) is 0. The Hall–Kier alpha value is -1.04. The summed E-state index contributed by atoms with van der Waals surface area (Å²) in [6.07, 6.45) is 1.53. The highest BCUT2D eigenvalue weighted by Crippen LogP contribution is 2.25. The highest BCUT2D eigenvalue weighted by Gasteiger charge is 2.17. The van der Waals surface area contributed by atoms with Crippen LogP contribution < -0.4 is 5.32 Å². The van der Waals surface area contributed by atoms with Crippen molar-refractivity contribution in [1.29, 1.82) is 5.26 Å². The highest BCUT2D eigenvalue weighted by molar-refractivity contribution is 5.76. The van der Waals surface area contributed by atoms with Crippen LogP contribution in [0.2, 0.25) is 0 Å². The van der Waals surface area contributed by atoms with Gasteiger partial charge in [-0.1, -0.05) is 27.7 Å². The molecule has 0 fully saturated rings. The molecule has 0 radical (unpaired) electrons. The number of carbonyl (C=O) groups is 1. The fourth-order valence-electron chi connectivity index (χ4n) is 1.64. The molecule has 0 aliphatic heterocycles. The van der Waals surface area contributed by atoms with Gasteiger partial charge in [-0.2, -0.15) is 5.26 Å². The Bertz CT molecular complexity index is 222. The Labute approximate surface area is 86.5 Å². The average molecular weight is 196 g/mol. The average Bonchev–Trinajstić information content (AvgIpc) is 1.96. The summed E-state index contributed by atoms with van der Waals surface area (Å²) in [5.41, 5.74) is 0.259. The molecule has 1 atom stereocenters. The predicted molar refractivity (Wildman–Crippen MR) is 56.5 cm³/mol. The van der Waals surface area contributed by atoms with Crippen molar-refractivity contribution in [2.45, 2.75) is 40.5 Å². The third kappa shape index (κ3) is 7.60.